The standard InChI is InChI=1S/C11H14ClFN2O/c1-15(2)6-5-14-11(16)8-3-4-10(13)9(12)7-8/h3-4,7H,5-6H2,1-2H3,(H,14,16). The zero-order valence-corrected chi connectivity index (χ0v) is 10.0. The highest BCUT2D eigenvalue weighted by atomic mass is 35.5. The molecule has 1 rings (SSSR count). The number of hydrogen-bond acceptors (Lipinski definition) is 2. The smallest absolute Gasteiger partial charge is 0.251 e. The molecule has 0 heterocycles. The predicted octanol–water partition coefficient (Wildman–Crippen LogP) is 1.77. The number of carbonyl (C=O) groups excluding carboxylic acids is 1. The molecule has 0 aliphatic heterocycles. The van der Waals surface area contributed by atoms with E-state index in [9.17, 15) is 9.18 Å². The minimum Gasteiger partial charge on any atom is -0.351 e. The summed E-state index contributed by atoms with van der Waals surface area (Å²) in [5, 5.41) is 2.67. The molecule has 1 aromatic rings. The monoisotopic (exact) mass is 244 g/mol. The van der Waals surface area contributed by atoms with Gasteiger partial charge in [0.05, 0.1) is 5.02 Å². The third kappa shape index (κ3) is 3.79. The predicted molar refractivity (Wildman–Crippen MR) is 62.3 cm³/mol. The van der Waals surface area contributed by atoms with Crippen molar-refractivity contribution in [3.63, 3.8) is 0 Å². The number of benzene rings is 1. The third-order valence-corrected chi connectivity index (χ3v) is 2.32. The van der Waals surface area contributed by atoms with Crippen LogP contribution in [0.15, 0.2) is 18.2 Å². The quantitative estimate of drug-likeness (QED) is 0.876. The van der Waals surface area contributed by atoms with Crippen LogP contribution in [0.1, 0.15) is 10.4 Å². The lowest BCUT2D eigenvalue weighted by molar-refractivity contribution is 0.0951. The summed E-state index contributed by atoms with van der Waals surface area (Å²) in [6.07, 6.45) is 0. The number of likely N-dealkylation sites (N-methyl/N-ethyl adjacent to an activating group) is 1. The lowest BCUT2D eigenvalue weighted by atomic mass is 10.2. The van der Waals surface area contributed by atoms with Gasteiger partial charge in [-0.3, -0.25) is 4.79 Å². The van der Waals surface area contributed by atoms with E-state index in [1.165, 1.54) is 18.2 Å². The molecular weight excluding hydrogens is 231 g/mol. The van der Waals surface area contributed by atoms with Crippen LogP contribution >= 0.6 is 11.6 Å². The largest absolute Gasteiger partial charge is 0.351 e. The summed E-state index contributed by atoms with van der Waals surface area (Å²) in [4.78, 5) is 13.5. The van der Waals surface area contributed by atoms with Gasteiger partial charge in [0.1, 0.15) is 5.82 Å². The molecule has 0 spiro atoms. The molecule has 0 saturated carbocycles. The van der Waals surface area contributed by atoms with Gasteiger partial charge < -0.3 is 10.2 Å². The number of nitrogens with one attached hydrogen (secondary N) is 1. The first-order valence-electron chi connectivity index (χ1n) is 4.88. The van der Waals surface area contributed by atoms with Crippen LogP contribution in [-0.2, 0) is 0 Å². The summed E-state index contributed by atoms with van der Waals surface area (Å²) in [5.41, 5.74) is 0.366. The van der Waals surface area contributed by atoms with Crippen molar-refractivity contribution < 1.29 is 9.18 Å². The van der Waals surface area contributed by atoms with E-state index in [0.717, 1.165) is 6.54 Å². The number of nitrogens with zero attached hydrogens (tertiary/aromatic N) is 1. The number of hydrogen-bond donors (Lipinski definition) is 1. The first-order chi connectivity index (χ1) is 7.50. The summed E-state index contributed by atoms with van der Waals surface area (Å²) in [6, 6.07) is 3.91. The second-order valence-electron chi connectivity index (χ2n) is 3.69. The van der Waals surface area contributed by atoms with Crippen molar-refractivity contribution in [2.75, 3.05) is 27.2 Å². The summed E-state index contributed by atoms with van der Waals surface area (Å²) in [7, 11) is 3.84. The van der Waals surface area contributed by atoms with Gasteiger partial charge in [-0.2, -0.15) is 0 Å². The molecule has 1 N–H and O–H groups in total. The molecule has 0 aliphatic carbocycles. The molecule has 88 valence electrons. The molecule has 5 heteroatoms. The van der Waals surface area contributed by atoms with Crippen LogP contribution in [0.3, 0.4) is 0 Å². The molecule has 0 fully saturated rings. The maximum Gasteiger partial charge on any atom is 0.251 e. The summed E-state index contributed by atoms with van der Waals surface area (Å²) in [6.45, 7) is 1.29. The SMILES string of the molecule is CN(C)CCNC(=O)c1ccc(F)c(Cl)c1. The fraction of sp³-hybridized carbons (Fsp3) is 0.364. The fourth-order valence-corrected chi connectivity index (χ4v) is 1.31. The Morgan fingerprint density at radius 1 is 1.50 bits per heavy atom. The van der Waals surface area contributed by atoms with Gasteiger partial charge in [0.2, 0.25) is 0 Å². The van der Waals surface area contributed by atoms with Crippen molar-refractivity contribution in [2.45, 2.75) is 0 Å². The average molecular weight is 245 g/mol. The Morgan fingerprint density at radius 3 is 2.75 bits per heavy atom. The van der Waals surface area contributed by atoms with E-state index in [1.807, 2.05) is 19.0 Å². The van der Waals surface area contributed by atoms with Gasteiger partial charge in [0.25, 0.3) is 5.91 Å². The van der Waals surface area contributed by atoms with Gasteiger partial charge in [0.15, 0.2) is 0 Å². The van der Waals surface area contributed by atoms with Crippen LogP contribution in [0.25, 0.3) is 0 Å². The zero-order valence-electron chi connectivity index (χ0n) is 9.26. The van der Waals surface area contributed by atoms with E-state index in [2.05, 4.69) is 5.32 Å². The molecule has 1 aromatic carbocycles. The first-order valence-corrected chi connectivity index (χ1v) is 5.26. The molecule has 0 unspecified atom stereocenters. The Hall–Kier alpha value is -1.13. The van der Waals surface area contributed by atoms with E-state index in [-0.39, 0.29) is 10.9 Å². The van der Waals surface area contributed by atoms with Crippen molar-refractivity contribution in [3.05, 3.63) is 34.6 Å². The van der Waals surface area contributed by atoms with Crippen molar-refractivity contribution in [3.8, 4) is 0 Å². The fourth-order valence-electron chi connectivity index (χ4n) is 1.13. The number of halogens is 2. The average Bonchev–Trinajstić information content (AvgIpc) is 2.21. The van der Waals surface area contributed by atoms with Crippen molar-refractivity contribution in [2.24, 2.45) is 0 Å². The van der Waals surface area contributed by atoms with E-state index in [1.54, 1.807) is 0 Å². The van der Waals surface area contributed by atoms with Gasteiger partial charge in [-0.1, -0.05) is 11.6 Å². The highest BCUT2D eigenvalue weighted by molar-refractivity contribution is 6.31. The van der Waals surface area contributed by atoms with E-state index in [4.69, 9.17) is 11.6 Å². The molecule has 0 atom stereocenters. The van der Waals surface area contributed by atoms with Crippen molar-refractivity contribution in [1.29, 1.82) is 0 Å². The molecule has 0 bridgehead atoms. The molecule has 0 radical (unpaired) electrons. The van der Waals surface area contributed by atoms with Crippen molar-refractivity contribution >= 4 is 17.5 Å². The molecule has 1 amide bonds. The van der Waals surface area contributed by atoms with E-state index >= 15 is 0 Å². The highest BCUT2D eigenvalue weighted by Gasteiger charge is 2.07. The number of rotatable bonds is 4. The topological polar surface area (TPSA) is 32.3 Å². The molecule has 0 aromatic heterocycles. The van der Waals surface area contributed by atoms with Crippen molar-refractivity contribution in [1.82, 2.24) is 10.2 Å². The summed E-state index contributed by atoms with van der Waals surface area (Å²) >= 11 is 5.58. The second kappa shape index (κ2) is 5.82. The molecule has 0 aliphatic rings. The van der Waals surface area contributed by atoms with Crippen LogP contribution in [0.5, 0.6) is 0 Å². The maximum atomic E-state index is 12.8. The molecule has 3 nitrogen and oxygen atoms in total. The van der Waals surface area contributed by atoms with E-state index < -0.39 is 5.82 Å². The summed E-state index contributed by atoms with van der Waals surface area (Å²) in [5.74, 6) is -0.768. The molecule has 0 saturated heterocycles. The Labute approximate surface area is 99.2 Å². The number of amides is 1. The summed E-state index contributed by atoms with van der Waals surface area (Å²) < 4.78 is 12.8. The lowest BCUT2D eigenvalue weighted by Crippen LogP contribution is -2.31. The van der Waals surface area contributed by atoms with Crippen LogP contribution in [-0.4, -0.2) is 38.0 Å². The van der Waals surface area contributed by atoms with E-state index in [0.29, 0.717) is 12.1 Å². The highest BCUT2D eigenvalue weighted by Crippen LogP contribution is 2.15. The van der Waals surface area contributed by atoms with Gasteiger partial charge >= 0.3 is 0 Å². The van der Waals surface area contributed by atoms with Crippen LogP contribution < -0.4 is 5.32 Å². The lowest BCUT2D eigenvalue weighted by Gasteiger charge is -2.10. The van der Waals surface area contributed by atoms with Crippen LogP contribution in [0.4, 0.5) is 4.39 Å². The van der Waals surface area contributed by atoms with Gasteiger partial charge in [-0.05, 0) is 32.3 Å². The normalized spacial score (nSPS) is 10.6. The number of carbonyl (C=O) groups is 1. The zero-order chi connectivity index (χ0) is 12.1. The van der Waals surface area contributed by atoms with Gasteiger partial charge in [0, 0.05) is 18.7 Å². The maximum absolute atomic E-state index is 12.8. The molecular formula is C11H14ClFN2O. The Kier molecular flexibility index (Phi) is 4.71. The second-order valence-corrected chi connectivity index (χ2v) is 4.10. The van der Waals surface area contributed by atoms with Crippen LogP contribution in [0.2, 0.25) is 5.02 Å². The molecule has 16 heavy (non-hydrogen) atoms. The minimum atomic E-state index is -0.522. The Morgan fingerprint density at radius 2 is 2.19 bits per heavy atom. The third-order valence-electron chi connectivity index (χ3n) is 2.03. The Balaban J connectivity index is 2.56. The Bertz CT molecular complexity index is 382. The van der Waals surface area contributed by atoms with Gasteiger partial charge in [-0.25, -0.2) is 4.39 Å². The van der Waals surface area contributed by atoms with Crippen LogP contribution in [0, 0.1) is 5.82 Å². The first kappa shape index (κ1) is 12.9. The van der Waals surface area contributed by atoms with Gasteiger partial charge in [-0.15, -0.1) is 0 Å². The minimum absolute atomic E-state index is 0.0414.